The highest BCUT2D eigenvalue weighted by atomic mass is 35.5. The van der Waals surface area contributed by atoms with E-state index in [4.69, 9.17) is 22.1 Å². The molecular formula is C13H10ClNO3. The Kier molecular flexibility index (Phi) is 3.12. The highest BCUT2D eigenvalue weighted by Crippen LogP contribution is 2.39. The minimum Gasteiger partial charge on any atom is -0.507 e. The summed E-state index contributed by atoms with van der Waals surface area (Å²) in [5.41, 5.74) is 5.89. The second kappa shape index (κ2) is 4.58. The number of hydrogen-bond donors (Lipinski definition) is 2. The topological polar surface area (TPSA) is 72.5 Å². The van der Waals surface area contributed by atoms with Crippen LogP contribution in [0.2, 0.25) is 5.02 Å². The fourth-order valence-electron chi connectivity index (χ4n) is 1.63. The van der Waals surface area contributed by atoms with Crippen LogP contribution in [0.15, 0.2) is 36.9 Å². The van der Waals surface area contributed by atoms with Gasteiger partial charge in [-0.1, -0.05) is 18.2 Å². The molecule has 4 nitrogen and oxygen atoms in total. The van der Waals surface area contributed by atoms with Crippen molar-refractivity contribution in [2.75, 3.05) is 5.73 Å². The number of phenolic OH excluding ortho intramolecular Hbond substituents is 1. The number of ether oxygens (including phenoxy) is 1. The molecule has 0 bridgehead atoms. The number of nitrogen functional groups attached to an aromatic ring is 1. The van der Waals surface area contributed by atoms with Crippen LogP contribution >= 0.6 is 11.6 Å². The monoisotopic (exact) mass is 263 g/mol. The minimum atomic E-state index is -0.622. The van der Waals surface area contributed by atoms with E-state index in [2.05, 4.69) is 6.58 Å². The van der Waals surface area contributed by atoms with Crippen molar-refractivity contribution in [1.29, 1.82) is 0 Å². The molecule has 18 heavy (non-hydrogen) atoms. The number of carbonyl (C=O) groups excluding carboxylic acids is 1. The van der Waals surface area contributed by atoms with Crippen molar-refractivity contribution >= 4 is 34.0 Å². The number of phenols is 1. The summed E-state index contributed by atoms with van der Waals surface area (Å²) in [6.07, 6.45) is 1.04. The summed E-state index contributed by atoms with van der Waals surface area (Å²) >= 11 is 5.85. The predicted molar refractivity (Wildman–Crippen MR) is 70.9 cm³/mol. The lowest BCUT2D eigenvalue weighted by atomic mass is 10.1. The van der Waals surface area contributed by atoms with Gasteiger partial charge in [0.1, 0.15) is 5.75 Å². The maximum absolute atomic E-state index is 11.2. The van der Waals surface area contributed by atoms with E-state index in [1.807, 2.05) is 0 Å². The number of rotatable bonds is 2. The third kappa shape index (κ3) is 2.10. The van der Waals surface area contributed by atoms with Crippen LogP contribution in [0.4, 0.5) is 5.69 Å². The summed E-state index contributed by atoms with van der Waals surface area (Å²) in [5, 5.41) is 11.2. The molecule has 0 fully saturated rings. The first-order chi connectivity index (χ1) is 8.52. The molecule has 0 aliphatic rings. The zero-order chi connectivity index (χ0) is 13.3. The van der Waals surface area contributed by atoms with Gasteiger partial charge < -0.3 is 15.6 Å². The van der Waals surface area contributed by atoms with E-state index in [0.29, 0.717) is 15.8 Å². The van der Waals surface area contributed by atoms with Crippen LogP contribution in [0.5, 0.6) is 11.5 Å². The predicted octanol–water partition coefficient (Wildman–Crippen LogP) is 2.87. The van der Waals surface area contributed by atoms with E-state index in [0.717, 1.165) is 6.08 Å². The third-order valence-electron chi connectivity index (χ3n) is 2.43. The Labute approximate surface area is 108 Å². The number of fused-ring (bicyclic) bond motifs is 1. The van der Waals surface area contributed by atoms with E-state index < -0.39 is 5.97 Å². The first-order valence-corrected chi connectivity index (χ1v) is 5.45. The summed E-state index contributed by atoms with van der Waals surface area (Å²) < 4.78 is 5.07. The SMILES string of the molecule is C=CC(=O)Oc1c(N)cc(O)c2cc(Cl)ccc12. The standard InChI is InChI=1S/C13H10ClNO3/c1-2-12(17)18-13-8-4-3-7(14)5-9(8)11(16)6-10(13)15/h2-6,16H,1,15H2. The van der Waals surface area contributed by atoms with Gasteiger partial charge in [0.25, 0.3) is 0 Å². The average molecular weight is 264 g/mol. The van der Waals surface area contributed by atoms with E-state index in [9.17, 15) is 9.90 Å². The van der Waals surface area contributed by atoms with Crippen LogP contribution in [-0.2, 0) is 4.79 Å². The van der Waals surface area contributed by atoms with Crippen LogP contribution in [-0.4, -0.2) is 11.1 Å². The van der Waals surface area contributed by atoms with Crippen molar-refractivity contribution in [3.8, 4) is 11.5 Å². The van der Waals surface area contributed by atoms with Crippen molar-refractivity contribution in [3.05, 3.63) is 41.9 Å². The minimum absolute atomic E-state index is 0.0246. The lowest BCUT2D eigenvalue weighted by Crippen LogP contribution is -2.05. The molecule has 0 heterocycles. The van der Waals surface area contributed by atoms with Crippen LogP contribution in [0.1, 0.15) is 0 Å². The average Bonchev–Trinajstić information content (AvgIpc) is 2.34. The van der Waals surface area contributed by atoms with Gasteiger partial charge in [-0.15, -0.1) is 0 Å². The molecule has 0 aliphatic carbocycles. The van der Waals surface area contributed by atoms with Gasteiger partial charge in [-0.05, 0) is 18.2 Å². The number of halogens is 1. The normalized spacial score (nSPS) is 10.3. The summed E-state index contributed by atoms with van der Waals surface area (Å²) in [6.45, 7) is 3.31. The van der Waals surface area contributed by atoms with Gasteiger partial charge in [-0.25, -0.2) is 4.79 Å². The molecule has 0 saturated heterocycles. The molecular weight excluding hydrogens is 254 g/mol. The van der Waals surface area contributed by atoms with Gasteiger partial charge in [0.15, 0.2) is 5.75 Å². The number of hydrogen-bond acceptors (Lipinski definition) is 4. The molecule has 3 N–H and O–H groups in total. The number of carbonyl (C=O) groups is 1. The summed E-state index contributed by atoms with van der Waals surface area (Å²) in [7, 11) is 0. The Bertz CT molecular complexity index is 652. The molecule has 0 radical (unpaired) electrons. The van der Waals surface area contributed by atoms with E-state index >= 15 is 0 Å². The molecule has 0 saturated carbocycles. The highest BCUT2D eigenvalue weighted by molar-refractivity contribution is 6.31. The second-order valence-corrected chi connectivity index (χ2v) is 4.07. The first-order valence-electron chi connectivity index (χ1n) is 5.08. The maximum Gasteiger partial charge on any atom is 0.335 e. The maximum atomic E-state index is 11.2. The molecule has 0 atom stereocenters. The number of aromatic hydroxyl groups is 1. The smallest absolute Gasteiger partial charge is 0.335 e. The Morgan fingerprint density at radius 3 is 2.78 bits per heavy atom. The largest absolute Gasteiger partial charge is 0.507 e. The third-order valence-corrected chi connectivity index (χ3v) is 2.66. The van der Waals surface area contributed by atoms with Crippen LogP contribution in [0.3, 0.4) is 0 Å². The molecule has 0 spiro atoms. The van der Waals surface area contributed by atoms with Gasteiger partial charge in [0.2, 0.25) is 0 Å². The molecule has 0 amide bonds. The van der Waals surface area contributed by atoms with Gasteiger partial charge in [0, 0.05) is 27.9 Å². The summed E-state index contributed by atoms with van der Waals surface area (Å²) in [6, 6.07) is 6.12. The number of nitrogens with two attached hydrogens (primary N) is 1. The van der Waals surface area contributed by atoms with Gasteiger partial charge in [-0.2, -0.15) is 0 Å². The Morgan fingerprint density at radius 2 is 2.11 bits per heavy atom. The fourth-order valence-corrected chi connectivity index (χ4v) is 1.80. The Morgan fingerprint density at radius 1 is 1.39 bits per heavy atom. The van der Waals surface area contributed by atoms with Gasteiger partial charge in [0.05, 0.1) is 5.69 Å². The lowest BCUT2D eigenvalue weighted by molar-refractivity contribution is -0.128. The zero-order valence-electron chi connectivity index (χ0n) is 9.31. The van der Waals surface area contributed by atoms with E-state index in [-0.39, 0.29) is 17.2 Å². The highest BCUT2D eigenvalue weighted by Gasteiger charge is 2.13. The molecule has 0 aromatic heterocycles. The van der Waals surface area contributed by atoms with E-state index in [1.54, 1.807) is 18.2 Å². The Hall–Kier alpha value is -2.20. The Balaban J connectivity index is 2.71. The quantitative estimate of drug-likeness (QED) is 0.378. The molecule has 0 unspecified atom stereocenters. The van der Waals surface area contributed by atoms with Crippen LogP contribution in [0, 0.1) is 0 Å². The van der Waals surface area contributed by atoms with Crippen molar-refractivity contribution in [2.45, 2.75) is 0 Å². The van der Waals surface area contributed by atoms with Crippen molar-refractivity contribution in [1.82, 2.24) is 0 Å². The summed E-state index contributed by atoms with van der Waals surface area (Å²) in [5.74, 6) is -0.462. The van der Waals surface area contributed by atoms with Crippen molar-refractivity contribution in [2.24, 2.45) is 0 Å². The zero-order valence-corrected chi connectivity index (χ0v) is 10.1. The summed E-state index contributed by atoms with van der Waals surface area (Å²) in [4.78, 5) is 11.2. The van der Waals surface area contributed by atoms with Crippen LogP contribution < -0.4 is 10.5 Å². The first kappa shape index (κ1) is 12.3. The molecule has 5 heteroatoms. The second-order valence-electron chi connectivity index (χ2n) is 3.63. The van der Waals surface area contributed by atoms with Gasteiger partial charge >= 0.3 is 5.97 Å². The lowest BCUT2D eigenvalue weighted by Gasteiger charge is -2.11. The van der Waals surface area contributed by atoms with E-state index in [1.165, 1.54) is 6.07 Å². The number of anilines is 1. The van der Waals surface area contributed by atoms with Crippen LogP contribution in [0.25, 0.3) is 10.8 Å². The van der Waals surface area contributed by atoms with Crippen molar-refractivity contribution in [3.63, 3.8) is 0 Å². The molecule has 2 rings (SSSR count). The molecule has 92 valence electrons. The fraction of sp³-hybridized carbons (Fsp3) is 0. The molecule has 2 aromatic carbocycles. The van der Waals surface area contributed by atoms with Crippen molar-refractivity contribution < 1.29 is 14.6 Å². The number of benzene rings is 2. The van der Waals surface area contributed by atoms with Gasteiger partial charge in [-0.3, -0.25) is 0 Å². The number of esters is 1. The molecule has 2 aromatic rings. The molecule has 0 aliphatic heterocycles.